The predicted molar refractivity (Wildman–Crippen MR) is 142 cm³/mol. The molecule has 37 heavy (non-hydrogen) atoms. The summed E-state index contributed by atoms with van der Waals surface area (Å²) in [5.41, 5.74) is 1.47. The summed E-state index contributed by atoms with van der Waals surface area (Å²) < 4.78 is 36.6. The standard InChI is InChI=1S/C27H24FN3O5S/c1-33-17-6-4-5-16(11-17)12-26(32)31-27(37)30-21-8-7-18(13-20(21)28)36-23-9-10-29-22-15-25(35-3)24(34-2)14-19(22)23/h4-11,13-15H,12H2,1-3H3,(H2,30,31,32,37). The van der Waals surface area contributed by atoms with Gasteiger partial charge < -0.3 is 29.6 Å². The van der Waals surface area contributed by atoms with Crippen molar-refractivity contribution < 1.29 is 28.1 Å². The second-order valence-electron chi connectivity index (χ2n) is 7.81. The van der Waals surface area contributed by atoms with Crippen LogP contribution in [0.15, 0.2) is 66.9 Å². The van der Waals surface area contributed by atoms with E-state index in [4.69, 9.17) is 31.2 Å². The van der Waals surface area contributed by atoms with E-state index < -0.39 is 5.82 Å². The number of hydrogen-bond acceptors (Lipinski definition) is 7. The minimum atomic E-state index is -0.612. The molecule has 0 aliphatic rings. The lowest BCUT2D eigenvalue weighted by molar-refractivity contribution is -0.119. The largest absolute Gasteiger partial charge is 0.497 e. The first kappa shape index (κ1) is 25.6. The van der Waals surface area contributed by atoms with Gasteiger partial charge in [0.2, 0.25) is 5.91 Å². The van der Waals surface area contributed by atoms with Crippen molar-refractivity contribution in [1.82, 2.24) is 10.3 Å². The number of nitrogens with one attached hydrogen (secondary N) is 2. The minimum absolute atomic E-state index is 0.0263. The van der Waals surface area contributed by atoms with Gasteiger partial charge in [-0.25, -0.2) is 4.39 Å². The number of ether oxygens (including phenoxy) is 4. The fraction of sp³-hybridized carbons (Fsp3) is 0.148. The topological polar surface area (TPSA) is 90.9 Å². The van der Waals surface area contributed by atoms with Gasteiger partial charge in [-0.1, -0.05) is 12.1 Å². The molecule has 0 atom stereocenters. The van der Waals surface area contributed by atoms with Crippen molar-refractivity contribution in [1.29, 1.82) is 0 Å². The Kier molecular flexibility index (Phi) is 7.99. The number of rotatable bonds is 8. The Bertz CT molecular complexity index is 1460. The number of thiocarbonyl (C=S) groups is 1. The van der Waals surface area contributed by atoms with Crippen LogP contribution in [-0.4, -0.2) is 37.3 Å². The van der Waals surface area contributed by atoms with E-state index >= 15 is 0 Å². The van der Waals surface area contributed by atoms with Crippen LogP contribution in [0.25, 0.3) is 10.9 Å². The summed E-state index contributed by atoms with van der Waals surface area (Å²) in [6, 6.07) is 16.6. The number of benzene rings is 3. The lowest BCUT2D eigenvalue weighted by Crippen LogP contribution is -2.35. The first-order valence-electron chi connectivity index (χ1n) is 11.1. The molecule has 1 heterocycles. The van der Waals surface area contributed by atoms with E-state index in [1.54, 1.807) is 68.9 Å². The molecule has 0 unspecified atom stereocenters. The van der Waals surface area contributed by atoms with Crippen molar-refractivity contribution in [2.75, 3.05) is 26.6 Å². The lowest BCUT2D eigenvalue weighted by Gasteiger charge is -2.14. The molecule has 0 aliphatic heterocycles. The van der Waals surface area contributed by atoms with E-state index in [9.17, 15) is 9.18 Å². The SMILES string of the molecule is COc1cccc(CC(=O)NC(=S)Nc2ccc(Oc3ccnc4cc(OC)c(OC)cc34)cc2F)c1. The average molecular weight is 522 g/mol. The van der Waals surface area contributed by atoms with Crippen LogP contribution in [0.4, 0.5) is 10.1 Å². The van der Waals surface area contributed by atoms with Crippen molar-refractivity contribution in [2.45, 2.75) is 6.42 Å². The van der Waals surface area contributed by atoms with Crippen LogP contribution in [0.2, 0.25) is 0 Å². The van der Waals surface area contributed by atoms with E-state index in [1.807, 2.05) is 0 Å². The Morgan fingerprint density at radius 3 is 2.43 bits per heavy atom. The number of fused-ring (bicyclic) bond motifs is 1. The highest BCUT2D eigenvalue weighted by atomic mass is 32.1. The first-order chi connectivity index (χ1) is 17.9. The molecule has 0 aliphatic carbocycles. The fourth-order valence-electron chi connectivity index (χ4n) is 3.62. The quantitative estimate of drug-likeness (QED) is 0.304. The van der Waals surface area contributed by atoms with Crippen LogP contribution in [0.3, 0.4) is 0 Å². The van der Waals surface area contributed by atoms with Crippen molar-refractivity contribution in [3.63, 3.8) is 0 Å². The number of carbonyl (C=O) groups excluding carboxylic acids is 1. The molecule has 1 amide bonds. The molecule has 0 saturated heterocycles. The molecule has 0 fully saturated rings. The maximum absolute atomic E-state index is 14.8. The Morgan fingerprint density at radius 2 is 1.70 bits per heavy atom. The fourth-order valence-corrected chi connectivity index (χ4v) is 3.84. The summed E-state index contributed by atoms with van der Waals surface area (Å²) in [4.78, 5) is 16.7. The highest BCUT2D eigenvalue weighted by molar-refractivity contribution is 7.80. The van der Waals surface area contributed by atoms with Crippen LogP contribution in [-0.2, 0) is 11.2 Å². The van der Waals surface area contributed by atoms with E-state index in [1.165, 1.54) is 19.2 Å². The number of aromatic nitrogens is 1. The second kappa shape index (κ2) is 11.5. The molecular weight excluding hydrogens is 497 g/mol. The van der Waals surface area contributed by atoms with Crippen LogP contribution < -0.4 is 29.6 Å². The molecule has 1 aromatic heterocycles. The second-order valence-corrected chi connectivity index (χ2v) is 8.22. The van der Waals surface area contributed by atoms with Crippen LogP contribution in [0.5, 0.6) is 28.7 Å². The smallest absolute Gasteiger partial charge is 0.230 e. The van der Waals surface area contributed by atoms with Gasteiger partial charge in [0.15, 0.2) is 16.6 Å². The predicted octanol–water partition coefficient (Wildman–Crippen LogP) is 5.25. The number of anilines is 1. The van der Waals surface area contributed by atoms with E-state index in [0.717, 1.165) is 5.56 Å². The maximum Gasteiger partial charge on any atom is 0.230 e. The molecule has 4 aromatic rings. The van der Waals surface area contributed by atoms with Crippen molar-refractivity contribution in [2.24, 2.45) is 0 Å². The van der Waals surface area contributed by atoms with E-state index in [0.29, 0.717) is 33.9 Å². The Balaban J connectivity index is 1.43. The number of halogens is 1. The zero-order valence-corrected chi connectivity index (χ0v) is 21.1. The summed E-state index contributed by atoms with van der Waals surface area (Å²) >= 11 is 5.18. The number of hydrogen-bond donors (Lipinski definition) is 2. The van der Waals surface area contributed by atoms with Crippen LogP contribution >= 0.6 is 12.2 Å². The Labute approximate surface area is 218 Å². The summed E-state index contributed by atoms with van der Waals surface area (Å²) in [5, 5.41) is 5.89. The van der Waals surface area contributed by atoms with Gasteiger partial charge in [0.05, 0.1) is 39.0 Å². The summed E-state index contributed by atoms with van der Waals surface area (Å²) in [6.07, 6.45) is 1.67. The number of nitrogens with zero attached hydrogens (tertiary/aromatic N) is 1. The Morgan fingerprint density at radius 1 is 0.919 bits per heavy atom. The number of pyridine rings is 1. The summed E-state index contributed by atoms with van der Waals surface area (Å²) in [6.45, 7) is 0. The van der Waals surface area contributed by atoms with Gasteiger partial charge in [0.25, 0.3) is 0 Å². The highest BCUT2D eigenvalue weighted by Crippen LogP contribution is 2.37. The average Bonchev–Trinajstić information content (AvgIpc) is 2.89. The van der Waals surface area contributed by atoms with Crippen LogP contribution in [0, 0.1) is 5.82 Å². The van der Waals surface area contributed by atoms with Gasteiger partial charge in [-0.15, -0.1) is 0 Å². The molecule has 3 aromatic carbocycles. The van der Waals surface area contributed by atoms with Gasteiger partial charge in [0, 0.05) is 23.7 Å². The number of methoxy groups -OCH3 is 3. The van der Waals surface area contributed by atoms with E-state index in [-0.39, 0.29) is 28.9 Å². The monoisotopic (exact) mass is 521 g/mol. The maximum atomic E-state index is 14.8. The zero-order valence-electron chi connectivity index (χ0n) is 20.3. The third kappa shape index (κ3) is 6.22. The number of amides is 1. The summed E-state index contributed by atoms with van der Waals surface area (Å²) in [7, 11) is 4.63. The summed E-state index contributed by atoms with van der Waals surface area (Å²) in [5.74, 6) is 1.47. The minimum Gasteiger partial charge on any atom is -0.497 e. The normalized spacial score (nSPS) is 10.5. The van der Waals surface area contributed by atoms with Crippen molar-refractivity contribution in [3.8, 4) is 28.7 Å². The molecule has 0 radical (unpaired) electrons. The van der Waals surface area contributed by atoms with Gasteiger partial charge in [-0.3, -0.25) is 9.78 Å². The van der Waals surface area contributed by atoms with Gasteiger partial charge in [-0.2, -0.15) is 0 Å². The molecular formula is C27H24FN3O5S. The van der Waals surface area contributed by atoms with Gasteiger partial charge >= 0.3 is 0 Å². The third-order valence-electron chi connectivity index (χ3n) is 5.38. The zero-order chi connectivity index (χ0) is 26.4. The molecule has 0 spiro atoms. The van der Waals surface area contributed by atoms with Gasteiger partial charge in [0.1, 0.15) is 23.1 Å². The molecule has 190 valence electrons. The van der Waals surface area contributed by atoms with Crippen molar-refractivity contribution >= 4 is 39.8 Å². The highest BCUT2D eigenvalue weighted by Gasteiger charge is 2.13. The molecule has 8 nitrogen and oxygen atoms in total. The molecule has 0 bridgehead atoms. The lowest BCUT2D eigenvalue weighted by atomic mass is 10.1. The Hall–Kier alpha value is -4.44. The molecule has 4 rings (SSSR count). The van der Waals surface area contributed by atoms with Crippen LogP contribution in [0.1, 0.15) is 5.56 Å². The molecule has 2 N–H and O–H groups in total. The van der Waals surface area contributed by atoms with Gasteiger partial charge in [-0.05, 0) is 54.2 Å². The van der Waals surface area contributed by atoms with Crippen molar-refractivity contribution in [3.05, 3.63) is 78.2 Å². The molecule has 10 heteroatoms. The molecule has 0 saturated carbocycles. The third-order valence-corrected chi connectivity index (χ3v) is 5.58. The number of carbonyl (C=O) groups is 1. The first-order valence-corrected chi connectivity index (χ1v) is 11.5. The van der Waals surface area contributed by atoms with E-state index in [2.05, 4.69) is 15.6 Å².